The zero-order valence-corrected chi connectivity index (χ0v) is 36.5. The Morgan fingerprint density at radius 3 is 1.40 bits per heavy atom. The molecule has 4 N–H and O–H groups in total. The summed E-state index contributed by atoms with van der Waals surface area (Å²) in [7, 11) is -4.74. The molecule has 0 aromatic carbocycles. The predicted octanol–water partition coefficient (Wildman–Crippen LogP) is 11.5. The molecule has 0 aromatic heterocycles. The summed E-state index contributed by atoms with van der Waals surface area (Å²) in [5.74, 6) is -2.49. The summed E-state index contributed by atoms with van der Waals surface area (Å²) in [6, 6.07) is -1.54. The largest absolute Gasteiger partial charge is 0.480 e. The van der Waals surface area contributed by atoms with Crippen molar-refractivity contribution >= 4 is 25.7 Å². The summed E-state index contributed by atoms with van der Waals surface area (Å²) in [4.78, 5) is 45.9. The van der Waals surface area contributed by atoms with Crippen molar-refractivity contribution in [1.82, 2.24) is 0 Å². The summed E-state index contributed by atoms with van der Waals surface area (Å²) < 4.78 is 32.6. The predicted molar refractivity (Wildman–Crippen MR) is 235 cm³/mol. The first kappa shape index (κ1) is 54.7. The summed E-state index contributed by atoms with van der Waals surface area (Å²) in [5.41, 5.74) is 5.33. The highest BCUT2D eigenvalue weighted by atomic mass is 31.2. The van der Waals surface area contributed by atoms with Gasteiger partial charge in [0.15, 0.2) is 6.10 Å². The van der Waals surface area contributed by atoms with Gasteiger partial charge >= 0.3 is 25.7 Å². The van der Waals surface area contributed by atoms with Crippen LogP contribution in [0.5, 0.6) is 0 Å². The molecule has 0 heterocycles. The van der Waals surface area contributed by atoms with Crippen molar-refractivity contribution in [2.45, 2.75) is 167 Å². The Hall–Kier alpha value is -3.34. The summed E-state index contributed by atoms with van der Waals surface area (Å²) >= 11 is 0. The maximum Gasteiger partial charge on any atom is 0.472 e. The number of ether oxygens (including phenoxy) is 2. The van der Waals surface area contributed by atoms with Crippen molar-refractivity contribution in [1.29, 1.82) is 0 Å². The van der Waals surface area contributed by atoms with Crippen LogP contribution in [0.1, 0.15) is 155 Å². The average Bonchev–Trinajstić information content (AvgIpc) is 3.20. The van der Waals surface area contributed by atoms with Gasteiger partial charge in [-0.15, -0.1) is 0 Å². The number of hydrogen-bond acceptors (Lipinski definition) is 9. The van der Waals surface area contributed by atoms with Crippen LogP contribution in [-0.2, 0) is 37.5 Å². The topological polar surface area (TPSA) is 172 Å². The normalized spacial score (nSPS) is 14.6. The Labute approximate surface area is 350 Å². The highest BCUT2D eigenvalue weighted by molar-refractivity contribution is 7.47. The Kier molecular flexibility index (Phi) is 38.1. The molecule has 0 spiro atoms. The number of carbonyl (C=O) groups is 3. The number of phosphoric ester groups is 1. The molecule has 0 rings (SSSR count). The lowest BCUT2D eigenvalue weighted by Crippen LogP contribution is -2.34. The molecule has 0 amide bonds. The molecule has 0 aliphatic carbocycles. The van der Waals surface area contributed by atoms with E-state index < -0.39 is 51.1 Å². The molecule has 330 valence electrons. The molecule has 0 saturated heterocycles. The number of phosphoric acid groups is 1. The van der Waals surface area contributed by atoms with E-state index >= 15 is 0 Å². The van der Waals surface area contributed by atoms with E-state index in [0.717, 1.165) is 70.6 Å². The molecule has 0 aromatic rings. The maximum absolute atomic E-state index is 12.6. The van der Waals surface area contributed by atoms with E-state index in [1.165, 1.54) is 38.5 Å². The highest BCUT2D eigenvalue weighted by Gasteiger charge is 2.28. The zero-order valence-electron chi connectivity index (χ0n) is 35.6. The Balaban J connectivity index is 4.53. The monoisotopic (exact) mass is 834 g/mol. The molecule has 0 radical (unpaired) electrons. The van der Waals surface area contributed by atoms with Crippen LogP contribution in [-0.4, -0.2) is 59.9 Å². The molecular formula is C46H76NO10P. The quantitative estimate of drug-likeness (QED) is 0.0233. The first-order valence-electron chi connectivity index (χ1n) is 21.6. The van der Waals surface area contributed by atoms with Crippen LogP contribution in [0.25, 0.3) is 0 Å². The number of esters is 2. The van der Waals surface area contributed by atoms with Gasteiger partial charge in [-0.1, -0.05) is 137 Å². The second kappa shape index (κ2) is 40.4. The number of rotatable bonds is 39. The molecule has 3 unspecified atom stereocenters. The summed E-state index contributed by atoms with van der Waals surface area (Å²) in [5, 5.41) is 8.89. The molecule has 11 nitrogen and oxygen atoms in total. The van der Waals surface area contributed by atoms with Gasteiger partial charge in [0, 0.05) is 12.8 Å². The van der Waals surface area contributed by atoms with Crippen LogP contribution in [0.3, 0.4) is 0 Å². The zero-order chi connectivity index (χ0) is 42.8. The Morgan fingerprint density at radius 1 is 0.534 bits per heavy atom. The van der Waals surface area contributed by atoms with Crippen molar-refractivity contribution < 1.29 is 47.5 Å². The van der Waals surface area contributed by atoms with Gasteiger partial charge in [0.05, 0.1) is 13.2 Å². The van der Waals surface area contributed by atoms with Crippen LogP contribution in [0.4, 0.5) is 0 Å². The minimum absolute atomic E-state index is 0.0754. The number of carboxylic acid groups (broad SMARTS) is 1. The molecule has 0 saturated carbocycles. The number of carbonyl (C=O) groups excluding carboxylic acids is 2. The van der Waals surface area contributed by atoms with Crippen molar-refractivity contribution in [3.05, 3.63) is 85.1 Å². The first-order chi connectivity index (χ1) is 28.1. The van der Waals surface area contributed by atoms with Gasteiger partial charge in [0.1, 0.15) is 12.6 Å². The standard InChI is InChI=1S/C46H76NO10P/c1-3-5-7-9-11-13-15-17-19-21-23-25-27-29-31-33-35-37-44(48)54-39-42(40-55-58(52,53)56-41-43(47)46(50)51)57-45(49)38-36-34-32-30-28-26-24-22-20-18-16-14-12-10-8-6-4-2/h11-14,17-20,23-26,30,32,42-43H,3-10,15-16,21-22,27-29,31,33-41,47H2,1-2H3,(H,50,51)(H,52,53). The van der Waals surface area contributed by atoms with Gasteiger partial charge in [-0.05, 0) is 89.9 Å². The van der Waals surface area contributed by atoms with Crippen LogP contribution in [0, 0.1) is 0 Å². The van der Waals surface area contributed by atoms with Crippen molar-refractivity contribution in [3.63, 3.8) is 0 Å². The smallest absolute Gasteiger partial charge is 0.472 e. The lowest BCUT2D eigenvalue weighted by Gasteiger charge is -2.20. The minimum atomic E-state index is -4.74. The number of hydrogen-bond donors (Lipinski definition) is 3. The fraction of sp³-hybridized carbons (Fsp3) is 0.630. The minimum Gasteiger partial charge on any atom is -0.480 e. The van der Waals surface area contributed by atoms with Crippen LogP contribution >= 0.6 is 7.82 Å². The maximum atomic E-state index is 12.6. The van der Waals surface area contributed by atoms with Gasteiger partial charge in [-0.2, -0.15) is 0 Å². The summed E-state index contributed by atoms with van der Waals surface area (Å²) in [6.45, 7) is 2.65. The van der Waals surface area contributed by atoms with Gasteiger partial charge in [-0.3, -0.25) is 23.4 Å². The number of nitrogens with two attached hydrogens (primary N) is 1. The van der Waals surface area contributed by atoms with E-state index in [0.29, 0.717) is 19.3 Å². The van der Waals surface area contributed by atoms with E-state index in [-0.39, 0.29) is 19.4 Å². The first-order valence-corrected chi connectivity index (χ1v) is 23.1. The third-order valence-corrected chi connectivity index (χ3v) is 9.57. The molecule has 0 fully saturated rings. The van der Waals surface area contributed by atoms with Crippen LogP contribution < -0.4 is 5.73 Å². The molecule has 0 bridgehead atoms. The molecule has 12 heteroatoms. The van der Waals surface area contributed by atoms with Crippen LogP contribution in [0.2, 0.25) is 0 Å². The van der Waals surface area contributed by atoms with Gasteiger partial charge in [0.25, 0.3) is 0 Å². The third kappa shape index (κ3) is 39.5. The molecule has 58 heavy (non-hydrogen) atoms. The van der Waals surface area contributed by atoms with E-state index in [1.54, 1.807) is 0 Å². The van der Waals surface area contributed by atoms with Crippen LogP contribution in [0.15, 0.2) is 85.1 Å². The molecule has 0 aliphatic heterocycles. The van der Waals surface area contributed by atoms with Crippen molar-refractivity contribution in [2.24, 2.45) is 5.73 Å². The lowest BCUT2D eigenvalue weighted by atomic mass is 10.1. The van der Waals surface area contributed by atoms with E-state index in [9.17, 15) is 23.8 Å². The lowest BCUT2D eigenvalue weighted by molar-refractivity contribution is -0.161. The SMILES string of the molecule is CCCCCC=CCC=CCC=CCC=CCCCC(=O)OC(COC(=O)CCCCCCC=CCC=CCC=CCCCCC)COP(=O)(O)OCC(N)C(=O)O. The van der Waals surface area contributed by atoms with E-state index in [2.05, 4.69) is 91.3 Å². The fourth-order valence-electron chi connectivity index (χ4n) is 5.18. The Morgan fingerprint density at radius 2 is 0.931 bits per heavy atom. The Bertz CT molecular complexity index is 1300. The van der Waals surface area contributed by atoms with Gasteiger partial charge < -0.3 is 25.2 Å². The number of unbranched alkanes of at least 4 members (excludes halogenated alkanes) is 11. The van der Waals surface area contributed by atoms with Gasteiger partial charge in [0.2, 0.25) is 0 Å². The summed E-state index contributed by atoms with van der Waals surface area (Å²) in [6.07, 6.45) is 49.4. The fourth-order valence-corrected chi connectivity index (χ4v) is 5.96. The van der Waals surface area contributed by atoms with Crippen molar-refractivity contribution in [2.75, 3.05) is 19.8 Å². The average molecular weight is 834 g/mol. The van der Waals surface area contributed by atoms with Crippen molar-refractivity contribution in [3.8, 4) is 0 Å². The molecular weight excluding hydrogens is 757 g/mol. The van der Waals surface area contributed by atoms with E-state index in [1.807, 2.05) is 12.2 Å². The molecule has 0 aliphatic rings. The molecule has 3 atom stereocenters. The number of carboxylic acids is 1. The van der Waals surface area contributed by atoms with E-state index in [4.69, 9.17) is 24.8 Å². The number of aliphatic carboxylic acids is 1. The second-order valence-electron chi connectivity index (χ2n) is 14.1. The third-order valence-electron chi connectivity index (χ3n) is 8.62. The van der Waals surface area contributed by atoms with Gasteiger partial charge in [-0.25, -0.2) is 4.57 Å². The number of allylic oxidation sites excluding steroid dienone is 14. The highest BCUT2D eigenvalue weighted by Crippen LogP contribution is 2.43. The second-order valence-corrected chi connectivity index (χ2v) is 15.6.